The molecule has 0 saturated heterocycles. The minimum Gasteiger partial charge on any atom is -0.462 e. The van der Waals surface area contributed by atoms with E-state index >= 15 is 0 Å². The monoisotopic (exact) mass is 302 g/mol. The quantitative estimate of drug-likeness (QED) is 0.476. The normalized spacial score (nSPS) is 21.5. The van der Waals surface area contributed by atoms with Crippen LogP contribution < -0.4 is 0 Å². The Morgan fingerprint density at radius 1 is 1.05 bits per heavy atom. The van der Waals surface area contributed by atoms with Crippen LogP contribution in [0, 0.1) is 5.92 Å². The molecule has 1 aliphatic carbocycles. The zero-order valence-electron chi connectivity index (χ0n) is 14.1. The van der Waals surface area contributed by atoms with E-state index in [1.54, 1.807) is 0 Å². The first-order chi connectivity index (χ1) is 10.7. The van der Waals surface area contributed by atoms with Gasteiger partial charge in [-0.2, -0.15) is 0 Å². The van der Waals surface area contributed by atoms with Crippen molar-refractivity contribution < 1.29 is 9.53 Å². The number of hydrogen-bond donors (Lipinski definition) is 0. The van der Waals surface area contributed by atoms with E-state index in [-0.39, 0.29) is 5.97 Å². The summed E-state index contributed by atoms with van der Waals surface area (Å²) in [6.45, 7) is 4.98. The lowest BCUT2D eigenvalue weighted by molar-refractivity contribution is 0.0498. The Hall–Kier alpha value is -1.31. The highest BCUT2D eigenvalue weighted by molar-refractivity contribution is 5.89. The van der Waals surface area contributed by atoms with E-state index in [0.717, 1.165) is 25.2 Å². The molecule has 0 unspecified atom stereocenters. The molecule has 122 valence electrons. The Balaban J connectivity index is 1.83. The van der Waals surface area contributed by atoms with E-state index < -0.39 is 0 Å². The molecular weight excluding hydrogens is 272 g/mol. The highest BCUT2D eigenvalue weighted by Gasteiger charge is 2.21. The van der Waals surface area contributed by atoms with Gasteiger partial charge in [0.25, 0.3) is 0 Å². The van der Waals surface area contributed by atoms with Crippen LogP contribution in [0.25, 0.3) is 0 Å². The lowest BCUT2D eigenvalue weighted by Crippen LogP contribution is -2.13. The second-order valence-electron chi connectivity index (χ2n) is 6.59. The summed E-state index contributed by atoms with van der Waals surface area (Å²) < 4.78 is 5.31. The molecule has 1 aliphatic rings. The van der Waals surface area contributed by atoms with Crippen LogP contribution in [0.3, 0.4) is 0 Å². The first kappa shape index (κ1) is 17.1. The minimum atomic E-state index is -0.183. The van der Waals surface area contributed by atoms with E-state index in [9.17, 15) is 4.79 Å². The molecule has 0 aromatic heterocycles. The second-order valence-corrected chi connectivity index (χ2v) is 6.59. The molecular formula is C20H30O2. The third-order valence-electron chi connectivity index (χ3n) is 5.02. The van der Waals surface area contributed by atoms with Gasteiger partial charge in [-0.15, -0.1) is 0 Å². The maximum Gasteiger partial charge on any atom is 0.338 e. The predicted molar refractivity (Wildman–Crippen MR) is 91.2 cm³/mol. The summed E-state index contributed by atoms with van der Waals surface area (Å²) in [5, 5.41) is 0. The summed E-state index contributed by atoms with van der Waals surface area (Å²) in [6.07, 6.45) is 9.82. The van der Waals surface area contributed by atoms with E-state index in [1.165, 1.54) is 37.7 Å². The van der Waals surface area contributed by atoms with Crippen LogP contribution in [0.2, 0.25) is 0 Å². The summed E-state index contributed by atoms with van der Waals surface area (Å²) >= 11 is 0. The Bertz CT molecular complexity index is 441. The molecule has 2 rings (SSSR count). The highest BCUT2D eigenvalue weighted by atomic mass is 16.5. The number of rotatable bonds is 7. The van der Waals surface area contributed by atoms with Crippen molar-refractivity contribution in [2.75, 3.05) is 6.61 Å². The van der Waals surface area contributed by atoms with E-state index in [2.05, 4.69) is 26.0 Å². The van der Waals surface area contributed by atoms with Crippen molar-refractivity contribution in [2.24, 2.45) is 5.92 Å². The van der Waals surface area contributed by atoms with Gasteiger partial charge in [0.05, 0.1) is 12.2 Å². The van der Waals surface area contributed by atoms with Crippen LogP contribution in [-0.2, 0) is 4.74 Å². The molecule has 1 saturated carbocycles. The van der Waals surface area contributed by atoms with Gasteiger partial charge in [0.1, 0.15) is 0 Å². The van der Waals surface area contributed by atoms with Crippen LogP contribution in [-0.4, -0.2) is 12.6 Å². The number of benzene rings is 1. The first-order valence-corrected chi connectivity index (χ1v) is 9.01. The van der Waals surface area contributed by atoms with Crippen molar-refractivity contribution in [3.63, 3.8) is 0 Å². The summed E-state index contributed by atoms with van der Waals surface area (Å²) in [5.74, 6) is 1.42. The third-order valence-corrected chi connectivity index (χ3v) is 5.02. The summed E-state index contributed by atoms with van der Waals surface area (Å²) in [6, 6.07) is 8.12. The van der Waals surface area contributed by atoms with Crippen LogP contribution in [0.4, 0.5) is 0 Å². The van der Waals surface area contributed by atoms with Gasteiger partial charge in [0.2, 0.25) is 0 Å². The summed E-state index contributed by atoms with van der Waals surface area (Å²) in [5.41, 5.74) is 2.07. The molecule has 2 heteroatoms. The van der Waals surface area contributed by atoms with Crippen molar-refractivity contribution >= 4 is 5.97 Å². The van der Waals surface area contributed by atoms with Crippen molar-refractivity contribution in [2.45, 2.75) is 71.1 Å². The number of carbonyl (C=O) groups is 1. The Morgan fingerprint density at radius 2 is 1.73 bits per heavy atom. The molecule has 1 aromatic rings. The van der Waals surface area contributed by atoms with Gasteiger partial charge < -0.3 is 4.74 Å². The van der Waals surface area contributed by atoms with Gasteiger partial charge in [-0.05, 0) is 61.6 Å². The van der Waals surface area contributed by atoms with Gasteiger partial charge in [-0.3, -0.25) is 0 Å². The van der Waals surface area contributed by atoms with Crippen LogP contribution >= 0.6 is 0 Å². The molecule has 0 bridgehead atoms. The fourth-order valence-electron chi connectivity index (χ4n) is 3.40. The minimum absolute atomic E-state index is 0.183. The van der Waals surface area contributed by atoms with E-state index in [0.29, 0.717) is 18.1 Å². The Morgan fingerprint density at radius 3 is 2.32 bits per heavy atom. The van der Waals surface area contributed by atoms with Gasteiger partial charge >= 0.3 is 5.97 Å². The fourth-order valence-corrected chi connectivity index (χ4v) is 3.40. The van der Waals surface area contributed by atoms with Crippen LogP contribution in [0.1, 0.15) is 87.1 Å². The van der Waals surface area contributed by atoms with Gasteiger partial charge in [0.15, 0.2) is 0 Å². The van der Waals surface area contributed by atoms with Crippen molar-refractivity contribution in [1.82, 2.24) is 0 Å². The number of unbranched alkanes of at least 4 members (excludes halogenated alkanes) is 2. The Labute approximate surface area is 135 Å². The number of hydrogen-bond acceptors (Lipinski definition) is 2. The molecule has 0 N–H and O–H groups in total. The maximum atomic E-state index is 12.0. The molecule has 1 aromatic carbocycles. The average molecular weight is 302 g/mol. The maximum absolute atomic E-state index is 12.0. The average Bonchev–Trinajstić information content (AvgIpc) is 2.59. The molecule has 0 aliphatic heterocycles. The van der Waals surface area contributed by atoms with E-state index in [1.807, 2.05) is 12.1 Å². The summed E-state index contributed by atoms with van der Waals surface area (Å²) in [7, 11) is 0. The number of ether oxygens (including phenoxy) is 1. The zero-order valence-corrected chi connectivity index (χ0v) is 14.1. The lowest BCUT2D eigenvalue weighted by Gasteiger charge is -2.28. The molecule has 2 nitrogen and oxygen atoms in total. The number of carbonyl (C=O) groups excluding carboxylic acids is 1. The topological polar surface area (TPSA) is 26.3 Å². The van der Waals surface area contributed by atoms with Crippen LogP contribution in [0.15, 0.2) is 24.3 Å². The Kier molecular flexibility index (Phi) is 6.95. The molecule has 1 fully saturated rings. The third kappa shape index (κ3) is 4.86. The molecule has 0 radical (unpaired) electrons. The summed E-state index contributed by atoms with van der Waals surface area (Å²) in [4.78, 5) is 12.0. The van der Waals surface area contributed by atoms with Crippen LogP contribution in [0.5, 0.6) is 0 Å². The van der Waals surface area contributed by atoms with Gasteiger partial charge in [-0.25, -0.2) is 4.79 Å². The largest absolute Gasteiger partial charge is 0.462 e. The molecule has 0 amide bonds. The van der Waals surface area contributed by atoms with E-state index in [4.69, 9.17) is 4.74 Å². The standard InChI is InChI=1S/C20H30O2/c1-3-5-6-15-22-20(21)19-13-11-18(12-14-19)17-9-7-16(4-2)8-10-17/h11-14,16-17H,3-10,15H2,1-2H3. The molecule has 0 atom stereocenters. The first-order valence-electron chi connectivity index (χ1n) is 9.01. The van der Waals surface area contributed by atoms with Crippen molar-refractivity contribution in [3.05, 3.63) is 35.4 Å². The van der Waals surface area contributed by atoms with Crippen molar-refractivity contribution in [3.8, 4) is 0 Å². The highest BCUT2D eigenvalue weighted by Crippen LogP contribution is 2.36. The van der Waals surface area contributed by atoms with Gasteiger partial charge in [-0.1, -0.05) is 45.2 Å². The number of esters is 1. The predicted octanol–water partition coefficient (Wildman–Crippen LogP) is 5.72. The fraction of sp³-hybridized carbons (Fsp3) is 0.650. The zero-order chi connectivity index (χ0) is 15.8. The second kappa shape index (κ2) is 8.97. The smallest absolute Gasteiger partial charge is 0.338 e. The SMILES string of the molecule is CCCCCOC(=O)c1ccc(C2CCC(CC)CC2)cc1. The lowest BCUT2D eigenvalue weighted by atomic mass is 9.78. The molecule has 22 heavy (non-hydrogen) atoms. The molecule has 0 heterocycles. The van der Waals surface area contributed by atoms with Crippen molar-refractivity contribution in [1.29, 1.82) is 0 Å². The van der Waals surface area contributed by atoms with Gasteiger partial charge in [0, 0.05) is 0 Å². The molecule has 0 spiro atoms.